The first-order chi connectivity index (χ1) is 9.45. The molecule has 0 aliphatic rings. The molecule has 0 bridgehead atoms. The predicted molar refractivity (Wildman–Crippen MR) is 72.3 cm³/mol. The Labute approximate surface area is 113 Å². The highest BCUT2D eigenvalue weighted by Gasteiger charge is 2.09. The molecule has 7 nitrogen and oxygen atoms in total. The highest BCUT2D eigenvalue weighted by molar-refractivity contribution is 5.94. The van der Waals surface area contributed by atoms with Crippen LogP contribution in [-0.2, 0) is 9.59 Å². The Morgan fingerprint density at radius 1 is 1.25 bits per heavy atom. The van der Waals surface area contributed by atoms with E-state index in [1.807, 2.05) is 0 Å². The van der Waals surface area contributed by atoms with Gasteiger partial charge < -0.3 is 20.4 Å². The van der Waals surface area contributed by atoms with Gasteiger partial charge in [-0.25, -0.2) is 9.59 Å². The fourth-order valence-electron chi connectivity index (χ4n) is 1.81. The van der Waals surface area contributed by atoms with Gasteiger partial charge in [-0.2, -0.15) is 0 Å². The topological polar surface area (TPSA) is 115 Å². The van der Waals surface area contributed by atoms with Crippen molar-refractivity contribution in [3.05, 3.63) is 46.4 Å². The zero-order valence-electron chi connectivity index (χ0n) is 10.6. The summed E-state index contributed by atoms with van der Waals surface area (Å²) in [5.41, 5.74) is 1.83. The summed E-state index contributed by atoms with van der Waals surface area (Å²) in [6.45, 7) is 1.76. The predicted octanol–water partition coefficient (Wildman–Crippen LogP) is 0.674. The second-order valence-corrected chi connectivity index (χ2v) is 4.29. The van der Waals surface area contributed by atoms with E-state index in [0.29, 0.717) is 11.0 Å². The van der Waals surface area contributed by atoms with E-state index in [9.17, 15) is 14.4 Å². The number of carbonyl (C=O) groups excluding carboxylic acids is 1. The molecule has 0 fully saturated rings. The van der Waals surface area contributed by atoms with Gasteiger partial charge in [-0.05, 0) is 24.6 Å². The van der Waals surface area contributed by atoms with Crippen molar-refractivity contribution in [2.24, 2.45) is 0 Å². The van der Waals surface area contributed by atoms with Gasteiger partial charge in [0.1, 0.15) is 0 Å². The molecule has 7 heteroatoms. The molecule has 1 unspecified atom stereocenters. The lowest BCUT2D eigenvalue weighted by molar-refractivity contribution is -0.131. The first-order valence-electron chi connectivity index (χ1n) is 5.89. The molecule has 0 saturated heterocycles. The number of carboxylic acids is 1. The number of rotatable bonds is 4. The Hall–Kier alpha value is -2.83. The maximum Gasteiger partial charge on any atom is 0.328 e. The lowest BCUT2D eigenvalue weighted by atomic mass is 10.1. The van der Waals surface area contributed by atoms with Crippen molar-refractivity contribution in [1.29, 1.82) is 0 Å². The van der Waals surface area contributed by atoms with Gasteiger partial charge in [0.15, 0.2) is 0 Å². The maximum absolute atomic E-state index is 11.5. The number of hydrogen-bond donors (Lipinski definition) is 4. The molecular weight excluding hydrogens is 262 g/mol. The number of nitrogens with one attached hydrogen (secondary N) is 3. The van der Waals surface area contributed by atoms with Gasteiger partial charge in [0.2, 0.25) is 5.91 Å². The van der Waals surface area contributed by atoms with Gasteiger partial charge in [-0.3, -0.25) is 4.79 Å². The van der Waals surface area contributed by atoms with Gasteiger partial charge in [0.25, 0.3) is 0 Å². The number of aromatic amines is 2. The fourth-order valence-corrected chi connectivity index (χ4v) is 1.81. The molecule has 0 saturated carbocycles. The molecular formula is C13H13N3O4. The minimum atomic E-state index is -1.18. The van der Waals surface area contributed by atoms with Gasteiger partial charge >= 0.3 is 11.7 Å². The fraction of sp³-hybridized carbons (Fsp3) is 0.154. The number of fused-ring (bicyclic) bond motifs is 1. The van der Waals surface area contributed by atoms with Crippen LogP contribution >= 0.6 is 0 Å². The molecule has 4 N–H and O–H groups in total. The summed E-state index contributed by atoms with van der Waals surface area (Å²) in [5.74, 6) is -1.68. The van der Waals surface area contributed by atoms with Crippen LogP contribution in [0.15, 0.2) is 35.1 Å². The van der Waals surface area contributed by atoms with Crippen LogP contribution in [0.25, 0.3) is 11.0 Å². The third-order valence-electron chi connectivity index (χ3n) is 2.78. The number of imidazole rings is 1. The summed E-state index contributed by atoms with van der Waals surface area (Å²) in [5, 5.41) is 11.1. The van der Waals surface area contributed by atoms with Gasteiger partial charge in [-0.1, -0.05) is 6.07 Å². The van der Waals surface area contributed by atoms with Gasteiger partial charge in [-0.15, -0.1) is 0 Å². The summed E-state index contributed by atoms with van der Waals surface area (Å²) in [4.78, 5) is 38.2. The van der Waals surface area contributed by atoms with Crippen LogP contribution < -0.4 is 11.0 Å². The SMILES string of the molecule is CC(NC(=O)/C=C/C(=O)O)c1ccc2[nH]c(=O)[nH]c2c1. The van der Waals surface area contributed by atoms with Crippen LogP contribution in [0.5, 0.6) is 0 Å². The second kappa shape index (κ2) is 5.43. The summed E-state index contributed by atoms with van der Waals surface area (Å²) >= 11 is 0. The van der Waals surface area contributed by atoms with Crippen LogP contribution in [0.1, 0.15) is 18.5 Å². The van der Waals surface area contributed by atoms with Crippen LogP contribution in [-0.4, -0.2) is 27.0 Å². The molecule has 2 aromatic rings. The van der Waals surface area contributed by atoms with Gasteiger partial charge in [0, 0.05) is 12.2 Å². The highest BCUT2D eigenvalue weighted by Crippen LogP contribution is 2.16. The zero-order chi connectivity index (χ0) is 14.7. The molecule has 0 radical (unpaired) electrons. The monoisotopic (exact) mass is 275 g/mol. The number of benzene rings is 1. The molecule has 1 atom stereocenters. The van der Waals surface area contributed by atoms with Crippen LogP contribution in [0.2, 0.25) is 0 Å². The number of H-pyrrole nitrogens is 2. The van der Waals surface area contributed by atoms with Crippen molar-refractivity contribution in [1.82, 2.24) is 15.3 Å². The minimum absolute atomic E-state index is 0.293. The number of aromatic nitrogens is 2. The average Bonchev–Trinajstić information content (AvgIpc) is 2.75. The highest BCUT2D eigenvalue weighted by atomic mass is 16.4. The van der Waals surface area contributed by atoms with Gasteiger partial charge in [0.05, 0.1) is 17.1 Å². The number of aliphatic carboxylic acids is 1. The molecule has 20 heavy (non-hydrogen) atoms. The van der Waals surface area contributed by atoms with E-state index in [1.165, 1.54) is 0 Å². The Morgan fingerprint density at radius 2 is 1.95 bits per heavy atom. The van der Waals surface area contributed by atoms with Crippen LogP contribution in [0, 0.1) is 0 Å². The Kier molecular flexibility index (Phi) is 3.69. The minimum Gasteiger partial charge on any atom is -0.478 e. The van der Waals surface area contributed by atoms with Crippen molar-refractivity contribution in [2.45, 2.75) is 13.0 Å². The smallest absolute Gasteiger partial charge is 0.328 e. The summed E-state index contributed by atoms with van der Waals surface area (Å²) < 4.78 is 0. The first kappa shape index (κ1) is 13.6. The molecule has 1 aromatic carbocycles. The zero-order valence-corrected chi connectivity index (χ0v) is 10.6. The second-order valence-electron chi connectivity index (χ2n) is 4.29. The summed E-state index contributed by atoms with van der Waals surface area (Å²) in [6, 6.07) is 4.94. The van der Waals surface area contributed by atoms with E-state index >= 15 is 0 Å². The van der Waals surface area contributed by atoms with E-state index in [4.69, 9.17) is 5.11 Å². The average molecular weight is 275 g/mol. The summed E-state index contributed by atoms with van der Waals surface area (Å²) in [7, 11) is 0. The number of carbonyl (C=O) groups is 2. The molecule has 1 heterocycles. The van der Waals surface area contributed by atoms with E-state index in [-0.39, 0.29) is 11.7 Å². The molecule has 0 aliphatic carbocycles. The normalized spacial score (nSPS) is 12.7. The lowest BCUT2D eigenvalue weighted by Gasteiger charge is -2.12. The van der Waals surface area contributed by atoms with Crippen molar-refractivity contribution in [3.8, 4) is 0 Å². The van der Waals surface area contributed by atoms with E-state index in [1.54, 1.807) is 25.1 Å². The maximum atomic E-state index is 11.5. The van der Waals surface area contributed by atoms with E-state index < -0.39 is 11.9 Å². The molecule has 1 amide bonds. The number of carboxylic acid groups (broad SMARTS) is 1. The molecule has 104 valence electrons. The van der Waals surface area contributed by atoms with Crippen LogP contribution in [0.4, 0.5) is 0 Å². The van der Waals surface area contributed by atoms with Crippen molar-refractivity contribution < 1.29 is 14.7 Å². The Bertz CT molecular complexity index is 741. The van der Waals surface area contributed by atoms with Crippen LogP contribution in [0.3, 0.4) is 0 Å². The van der Waals surface area contributed by atoms with E-state index in [0.717, 1.165) is 17.7 Å². The quantitative estimate of drug-likeness (QED) is 0.614. The Morgan fingerprint density at radius 3 is 2.65 bits per heavy atom. The third-order valence-corrected chi connectivity index (χ3v) is 2.78. The first-order valence-corrected chi connectivity index (χ1v) is 5.89. The van der Waals surface area contributed by atoms with Crippen molar-refractivity contribution >= 4 is 22.9 Å². The largest absolute Gasteiger partial charge is 0.478 e. The Balaban J connectivity index is 2.14. The summed E-state index contributed by atoms with van der Waals surface area (Å²) in [6.07, 6.45) is 1.73. The third kappa shape index (κ3) is 3.14. The van der Waals surface area contributed by atoms with Crippen molar-refractivity contribution in [2.75, 3.05) is 0 Å². The lowest BCUT2D eigenvalue weighted by Crippen LogP contribution is -2.24. The molecule has 0 aliphatic heterocycles. The standard InChI is InChI=1S/C13H13N3O4/c1-7(14-11(17)4-5-12(18)19)8-2-3-9-10(6-8)16-13(20)15-9/h2-7H,1H3,(H,14,17)(H,18,19)(H2,15,16,20)/b5-4+. The molecule has 1 aromatic heterocycles. The number of hydrogen-bond acceptors (Lipinski definition) is 3. The van der Waals surface area contributed by atoms with E-state index in [2.05, 4.69) is 15.3 Å². The van der Waals surface area contributed by atoms with Crippen molar-refractivity contribution in [3.63, 3.8) is 0 Å². The molecule has 2 rings (SSSR count). The molecule has 0 spiro atoms. The number of amides is 1.